The lowest BCUT2D eigenvalue weighted by Gasteiger charge is -2.44. The molecule has 81 heavy (non-hydrogen) atoms. The second kappa shape index (κ2) is 23.3. The van der Waals surface area contributed by atoms with Crippen molar-refractivity contribution in [2.24, 2.45) is 5.73 Å². The van der Waals surface area contributed by atoms with E-state index in [1.807, 2.05) is 33.8 Å². The van der Waals surface area contributed by atoms with Crippen molar-refractivity contribution in [1.82, 2.24) is 44.9 Å². The van der Waals surface area contributed by atoms with E-state index in [1.54, 1.807) is 116 Å². The predicted octanol–water partition coefficient (Wildman–Crippen LogP) is 4.25. The molecule has 4 aromatic heterocycles. The van der Waals surface area contributed by atoms with Gasteiger partial charge in [0, 0.05) is 46.4 Å². The van der Waals surface area contributed by atoms with E-state index in [9.17, 15) is 58.2 Å². The summed E-state index contributed by atoms with van der Waals surface area (Å²) in [7, 11) is 0. The number of aryl methyl sites for hydroxylation is 4. The van der Waals surface area contributed by atoms with Gasteiger partial charge in [-0.3, -0.25) is 38.4 Å². The fourth-order valence-corrected chi connectivity index (χ4v) is 13.6. The van der Waals surface area contributed by atoms with Crippen molar-refractivity contribution in [3.05, 3.63) is 151 Å². The fraction of sp³-hybridized carbons (Fsp3) is 0.357. The molecule has 4 fully saturated rings. The number of hydrogen-bond acceptors (Lipinski definition) is 15. The summed E-state index contributed by atoms with van der Waals surface area (Å²) in [6.45, 7) is 15.6. The van der Waals surface area contributed by atoms with E-state index in [2.05, 4.69) is 25.9 Å². The van der Waals surface area contributed by atoms with Gasteiger partial charge in [-0.1, -0.05) is 60.7 Å². The molecule has 2 aromatic carbocycles. The van der Waals surface area contributed by atoms with Crippen molar-refractivity contribution in [3.8, 4) is 0 Å². The number of thioether (sulfide) groups is 2. The number of nitrogens with zero attached hydrogens (tertiary/aromatic N) is 6. The van der Waals surface area contributed by atoms with E-state index in [4.69, 9.17) is 17.3 Å². The number of pyridine rings is 4. The highest BCUT2D eigenvalue weighted by Crippen LogP contribution is 2.52. The molecule has 8 heterocycles. The van der Waals surface area contributed by atoms with Gasteiger partial charge >= 0.3 is 11.9 Å². The van der Waals surface area contributed by atoms with Crippen molar-refractivity contribution < 1.29 is 48.6 Å². The molecule has 8 atom stereocenters. The number of nitrogens with one attached hydrogen (secondary N) is 3. The van der Waals surface area contributed by atoms with Crippen LogP contribution in [-0.2, 0) is 41.9 Å². The summed E-state index contributed by atoms with van der Waals surface area (Å²) in [5.74, 6) is -4.85. The molecule has 424 valence electrons. The largest absolute Gasteiger partial charge is 0.480 e. The Bertz CT molecular complexity index is 3670. The minimum atomic E-state index is -1.22. The second-order valence-electron chi connectivity index (χ2n) is 20.6. The zero-order valence-corrected chi connectivity index (χ0v) is 47.6. The summed E-state index contributed by atoms with van der Waals surface area (Å²) in [6.07, 6.45) is 2.90. The Kier molecular flexibility index (Phi) is 17.0. The molecule has 10 rings (SSSR count). The molecule has 4 aliphatic rings. The number of amides is 5. The molecule has 4 saturated heterocycles. The van der Waals surface area contributed by atoms with Crippen LogP contribution < -0.4 is 32.5 Å². The van der Waals surface area contributed by atoms with Crippen molar-refractivity contribution in [3.63, 3.8) is 0 Å². The van der Waals surface area contributed by atoms with Crippen LogP contribution in [0, 0.1) is 13.8 Å². The summed E-state index contributed by atoms with van der Waals surface area (Å²) in [5.41, 5.74) is 8.63. The molecule has 0 spiro atoms. The van der Waals surface area contributed by atoms with Gasteiger partial charge in [-0.15, -0.1) is 23.5 Å². The summed E-state index contributed by atoms with van der Waals surface area (Å²) >= 11 is 8.09. The minimum absolute atomic E-state index is 0.00771. The maximum atomic E-state index is 13.6. The molecule has 4 aliphatic heterocycles. The number of rotatable bonds is 13. The van der Waals surface area contributed by atoms with Crippen LogP contribution >= 0.6 is 35.1 Å². The maximum absolute atomic E-state index is 13.6. The molecule has 0 aliphatic carbocycles. The lowest BCUT2D eigenvalue weighted by Crippen LogP contribution is -2.71. The minimum Gasteiger partial charge on any atom is -0.480 e. The number of carbonyl (C=O) groups excluding carboxylic acids is 6. The third kappa shape index (κ3) is 11.4. The third-order valence-electron chi connectivity index (χ3n) is 14.3. The number of halogens is 1. The molecule has 6 aromatic rings. The highest BCUT2D eigenvalue weighted by molar-refractivity contribution is 8.02. The van der Waals surface area contributed by atoms with Gasteiger partial charge in [0.2, 0.25) is 34.5 Å². The van der Waals surface area contributed by atoms with Gasteiger partial charge in [-0.25, -0.2) is 19.6 Å². The first kappa shape index (κ1) is 59.2. The van der Waals surface area contributed by atoms with Gasteiger partial charge < -0.3 is 50.8 Å². The Morgan fingerprint density at radius 2 is 1.04 bits per heavy atom. The number of aromatic nitrogens is 4. The Morgan fingerprint density at radius 1 is 0.630 bits per heavy atom. The van der Waals surface area contributed by atoms with E-state index in [0.717, 1.165) is 11.4 Å². The maximum Gasteiger partial charge on any atom is 0.327 e. The van der Waals surface area contributed by atoms with E-state index in [0.29, 0.717) is 40.9 Å². The van der Waals surface area contributed by atoms with Crippen LogP contribution in [0.25, 0.3) is 22.1 Å². The van der Waals surface area contributed by atoms with Gasteiger partial charge in [0.05, 0.1) is 16.3 Å². The Morgan fingerprint density at radius 3 is 1.46 bits per heavy atom. The summed E-state index contributed by atoms with van der Waals surface area (Å²) in [4.78, 5) is 136. The van der Waals surface area contributed by atoms with E-state index in [-0.39, 0.29) is 33.2 Å². The number of fused-ring (bicyclic) bond motifs is 4. The molecule has 0 saturated carbocycles. The summed E-state index contributed by atoms with van der Waals surface area (Å²) in [6, 6.07) is 18.4. The third-order valence-corrected chi connectivity index (χ3v) is 17.7. The van der Waals surface area contributed by atoms with Crippen LogP contribution in [-0.4, -0.2) is 130 Å². The van der Waals surface area contributed by atoms with Gasteiger partial charge in [0.1, 0.15) is 63.9 Å². The fourth-order valence-electron chi connectivity index (χ4n) is 10.2. The number of nitrogens with two attached hydrogens (primary N) is 1. The SMILES string of the molecule is CC1(C)SC2C(NC(=O)C(N)c3ccccc3)C(=O)N2C1C(=O)O.CCn1cc(C(=O)Cl)c(=O)c2ccc(C)nc21.CCn1cc(C(=O)NC(C(=O)NC2C(=O)N3C2SC(C)(C)C3C(=O)O)c2ccccc2)c(=O)c2ccc(C)nc21. The predicted molar refractivity (Wildman–Crippen MR) is 304 cm³/mol. The molecule has 25 heteroatoms. The monoisotopic (exact) mass is 1160 g/mol. The van der Waals surface area contributed by atoms with Crippen LogP contribution in [0.15, 0.2) is 107 Å². The van der Waals surface area contributed by atoms with E-state index in [1.165, 1.54) is 45.7 Å². The zero-order valence-electron chi connectivity index (χ0n) is 45.2. The van der Waals surface area contributed by atoms with Crippen LogP contribution in [0.2, 0.25) is 0 Å². The normalized spacial score (nSPS) is 21.6. The zero-order chi connectivity index (χ0) is 59.2. The first-order chi connectivity index (χ1) is 38.2. The van der Waals surface area contributed by atoms with Crippen LogP contribution in [0.4, 0.5) is 0 Å². The van der Waals surface area contributed by atoms with Crippen molar-refractivity contribution in [2.45, 2.75) is 125 Å². The number of β-lactam (4-membered cyclic amide) rings is 2. The molecule has 7 N–H and O–H groups in total. The molecule has 0 radical (unpaired) electrons. The van der Waals surface area contributed by atoms with Crippen molar-refractivity contribution in [1.29, 1.82) is 0 Å². The van der Waals surface area contributed by atoms with Gasteiger partial charge in [0.15, 0.2) is 0 Å². The lowest BCUT2D eigenvalue weighted by atomic mass is 9.95. The van der Waals surface area contributed by atoms with Gasteiger partial charge in [-0.2, -0.15) is 0 Å². The average molecular weight is 1160 g/mol. The molecular formula is C56H59ClN10O12S2. The standard InChI is InChI=1S/C28H29N5O6S.C16H19N3O4S.C12H11ClN2O2/c1-5-32-13-17(20(34)16-12-11-14(2)29-22(16)32)23(35)30-18(15-9-7-6-8-10-15)24(36)31-19-25(37)33-21(27(38)39)28(3,4)40-26(19)33;1-16(2)11(15(22)23)19-13(21)10(14(19)24-16)18-12(20)9(17)8-6-4-3-5-7-8;1-3-15-6-9(11(13)17)10(16)8-5-4-7(2)14-12(8)15/h6-13,18-19,21,26H,5H2,1-4H3,(H,30,35)(H,31,36)(H,38,39);3-7,9-11,14H,17H2,1-2H3,(H,18,20)(H,22,23);4-6H,3H2,1-2H3. The van der Waals surface area contributed by atoms with Crippen molar-refractivity contribution in [2.75, 3.05) is 0 Å². The molecular weight excluding hydrogens is 1100 g/mol. The van der Waals surface area contributed by atoms with Crippen molar-refractivity contribution >= 4 is 104 Å². The highest BCUT2D eigenvalue weighted by atomic mass is 35.5. The quantitative estimate of drug-likeness (QED) is 0.0695. The van der Waals surface area contributed by atoms with E-state index >= 15 is 0 Å². The molecule has 5 amide bonds. The molecule has 0 bridgehead atoms. The summed E-state index contributed by atoms with van der Waals surface area (Å²) < 4.78 is 2.09. The smallest absolute Gasteiger partial charge is 0.327 e. The second-order valence-corrected chi connectivity index (χ2v) is 24.5. The van der Waals surface area contributed by atoms with Crippen LogP contribution in [0.3, 0.4) is 0 Å². The number of benzene rings is 2. The first-order valence-corrected chi connectivity index (χ1v) is 27.8. The number of carbonyl (C=O) groups is 8. The highest BCUT2D eigenvalue weighted by Gasteiger charge is 2.65. The Labute approximate surface area is 477 Å². The number of aliphatic carboxylic acids is 2. The molecule has 8 unspecified atom stereocenters. The van der Waals surface area contributed by atoms with Crippen LogP contribution in [0.5, 0.6) is 0 Å². The molecule has 22 nitrogen and oxygen atoms in total. The lowest BCUT2D eigenvalue weighted by molar-refractivity contribution is -0.161. The Hall–Kier alpha value is -7.93. The van der Waals surface area contributed by atoms with Gasteiger partial charge in [-0.05, 0) is 102 Å². The Balaban J connectivity index is 0.000000177. The summed E-state index contributed by atoms with van der Waals surface area (Å²) in [5, 5.41) is 26.1. The van der Waals surface area contributed by atoms with E-state index < -0.39 is 97.4 Å². The number of hydrogen-bond donors (Lipinski definition) is 6. The number of carboxylic acids is 2. The van der Waals surface area contributed by atoms with Crippen LogP contribution in [0.1, 0.15) is 96.9 Å². The average Bonchev–Trinajstić information content (AvgIpc) is 3.86. The van der Waals surface area contributed by atoms with Gasteiger partial charge in [0.25, 0.3) is 11.1 Å². The first-order valence-electron chi connectivity index (χ1n) is 25.7. The topological polar surface area (TPSA) is 315 Å². The number of carboxylic acid groups (broad SMARTS) is 2.